The molecule has 12 unspecified atom stereocenters. The van der Waals surface area contributed by atoms with Crippen molar-refractivity contribution in [3.63, 3.8) is 0 Å². The summed E-state index contributed by atoms with van der Waals surface area (Å²) >= 11 is 0. The summed E-state index contributed by atoms with van der Waals surface area (Å²) in [4.78, 5) is 11.0. The number of Topliss-reactive ketones (excluding diaryl/α,β-unsaturated/α-hetero) is 1. The lowest BCUT2D eigenvalue weighted by Crippen LogP contribution is -2.08. The number of rotatable bonds is 14. The van der Waals surface area contributed by atoms with Gasteiger partial charge in [-0.3, -0.25) is 0 Å². The molecule has 0 N–H and O–H groups in total. The molecular weight excluding hydrogens is 388 g/mol. The van der Waals surface area contributed by atoms with Crippen molar-refractivity contribution >= 4 is 5.78 Å². The monoisotopic (exact) mass is 422 g/mol. The molecule has 30 heavy (non-hydrogen) atoms. The van der Waals surface area contributed by atoms with Gasteiger partial charge >= 0.3 is 0 Å². The Hall–Kier alpha value is -0.570. The molecule has 0 spiro atoms. The van der Waals surface area contributed by atoms with Crippen molar-refractivity contribution in [1.82, 2.24) is 0 Å². The van der Waals surface area contributed by atoms with Gasteiger partial charge in [0.05, 0.1) is 73.2 Å². The average Bonchev–Trinajstić information content (AvgIpc) is 3.52. The zero-order chi connectivity index (χ0) is 20.4. The predicted octanol–water partition coefficient (Wildman–Crippen LogP) is 2.32. The van der Waals surface area contributed by atoms with Gasteiger partial charge in [-0.2, -0.15) is 0 Å². The molecule has 6 rings (SSSR count). The van der Waals surface area contributed by atoms with E-state index in [1.54, 1.807) is 6.92 Å². The molecule has 6 aliphatic rings. The lowest BCUT2D eigenvalue weighted by molar-refractivity contribution is -0.117. The van der Waals surface area contributed by atoms with E-state index in [4.69, 9.17) is 28.4 Å². The van der Waals surface area contributed by atoms with Crippen molar-refractivity contribution in [2.75, 3.05) is 0 Å². The Morgan fingerprint density at radius 2 is 0.833 bits per heavy atom. The van der Waals surface area contributed by atoms with Crippen LogP contribution in [0.2, 0.25) is 0 Å². The third-order valence-corrected chi connectivity index (χ3v) is 7.63. The van der Waals surface area contributed by atoms with Gasteiger partial charge in [-0.25, -0.2) is 0 Å². The fraction of sp³-hybridized carbons (Fsp3) is 0.957. The predicted molar refractivity (Wildman–Crippen MR) is 105 cm³/mol. The van der Waals surface area contributed by atoms with Crippen LogP contribution in [0.1, 0.15) is 65.2 Å². The quantitative estimate of drug-likeness (QED) is 0.397. The molecule has 0 amide bonds. The van der Waals surface area contributed by atoms with Gasteiger partial charge in [0.2, 0.25) is 0 Å². The molecule has 0 bridgehead atoms. The molecule has 6 heterocycles. The number of hydrogen-bond donors (Lipinski definition) is 0. The maximum atomic E-state index is 11.0. The Kier molecular flexibility index (Phi) is 5.20. The second-order valence-corrected chi connectivity index (χ2v) is 10.1. The van der Waals surface area contributed by atoms with Crippen molar-refractivity contribution in [1.29, 1.82) is 0 Å². The molecule has 0 aliphatic carbocycles. The van der Waals surface area contributed by atoms with Crippen LogP contribution in [-0.2, 0) is 33.2 Å². The van der Waals surface area contributed by atoms with Crippen LogP contribution in [0.15, 0.2) is 0 Å². The van der Waals surface area contributed by atoms with Gasteiger partial charge in [-0.05, 0) is 19.8 Å². The fourth-order valence-corrected chi connectivity index (χ4v) is 5.25. The van der Waals surface area contributed by atoms with Gasteiger partial charge < -0.3 is 33.2 Å². The standard InChI is InChI=1S/C23H34O7/c1-3-12-14(25-12)6-16-18(27-16)8-20-22(29-20)10-23-21(30-23)9-19-17(28-19)7-15-13(26-15)5-4-11(2)24/h12-23H,3-10H2,1-2H3. The van der Waals surface area contributed by atoms with Crippen molar-refractivity contribution in [2.45, 2.75) is 138 Å². The second-order valence-electron chi connectivity index (χ2n) is 10.1. The molecule has 7 heteroatoms. The number of carbonyl (C=O) groups is 1. The van der Waals surface area contributed by atoms with Crippen LogP contribution in [0.3, 0.4) is 0 Å². The average molecular weight is 423 g/mol. The Bertz CT molecular complexity index is 670. The zero-order valence-corrected chi connectivity index (χ0v) is 17.9. The van der Waals surface area contributed by atoms with E-state index in [1.165, 1.54) is 0 Å². The number of hydrogen-bond acceptors (Lipinski definition) is 7. The molecule has 0 radical (unpaired) electrons. The van der Waals surface area contributed by atoms with Crippen molar-refractivity contribution in [2.24, 2.45) is 0 Å². The molecule has 6 fully saturated rings. The molecule has 0 saturated carbocycles. The van der Waals surface area contributed by atoms with Gasteiger partial charge in [0.25, 0.3) is 0 Å². The summed E-state index contributed by atoms with van der Waals surface area (Å²) in [5.41, 5.74) is 0. The maximum absolute atomic E-state index is 11.0. The maximum Gasteiger partial charge on any atom is 0.129 e. The first kappa shape index (κ1) is 20.1. The van der Waals surface area contributed by atoms with Gasteiger partial charge in [0.15, 0.2) is 0 Å². The Morgan fingerprint density at radius 3 is 1.17 bits per heavy atom. The fourth-order valence-electron chi connectivity index (χ4n) is 5.25. The van der Waals surface area contributed by atoms with Crippen LogP contribution in [-0.4, -0.2) is 79.0 Å². The van der Waals surface area contributed by atoms with Crippen LogP contribution >= 0.6 is 0 Å². The van der Waals surface area contributed by atoms with Gasteiger partial charge in [0, 0.05) is 38.5 Å². The van der Waals surface area contributed by atoms with E-state index in [2.05, 4.69) is 6.92 Å². The first-order valence-corrected chi connectivity index (χ1v) is 12.0. The minimum atomic E-state index is 0.242. The third kappa shape index (κ3) is 4.92. The van der Waals surface area contributed by atoms with Crippen LogP contribution in [0.4, 0.5) is 0 Å². The Balaban J connectivity index is 0.806. The molecule has 7 nitrogen and oxygen atoms in total. The van der Waals surface area contributed by atoms with Crippen molar-refractivity contribution in [3.8, 4) is 0 Å². The van der Waals surface area contributed by atoms with E-state index in [0.29, 0.717) is 73.6 Å². The normalized spacial score (nSPS) is 52.1. The highest BCUT2D eigenvalue weighted by molar-refractivity contribution is 5.75. The summed E-state index contributed by atoms with van der Waals surface area (Å²) in [6.45, 7) is 3.82. The summed E-state index contributed by atoms with van der Waals surface area (Å²) < 4.78 is 34.7. The topological polar surface area (TPSA) is 92.2 Å². The summed E-state index contributed by atoms with van der Waals surface area (Å²) in [5.74, 6) is 0.242. The molecular formula is C23H34O7. The van der Waals surface area contributed by atoms with E-state index < -0.39 is 0 Å². The minimum absolute atomic E-state index is 0.242. The van der Waals surface area contributed by atoms with E-state index in [1.807, 2.05) is 0 Å². The summed E-state index contributed by atoms with van der Waals surface area (Å²) in [6, 6.07) is 0. The minimum Gasteiger partial charge on any atom is -0.369 e. The summed E-state index contributed by atoms with van der Waals surface area (Å²) in [7, 11) is 0. The molecule has 0 aromatic carbocycles. The first-order chi connectivity index (χ1) is 14.6. The molecule has 6 aliphatic heterocycles. The van der Waals surface area contributed by atoms with Crippen LogP contribution in [0, 0.1) is 0 Å². The SMILES string of the molecule is CCC1OC1CC1OC1CC1OC1CC1OC1CC1OC1CC1OC1CCC(C)=O. The molecule has 0 aromatic rings. The highest BCUT2D eigenvalue weighted by Gasteiger charge is 2.56. The smallest absolute Gasteiger partial charge is 0.129 e. The molecule has 12 atom stereocenters. The molecule has 168 valence electrons. The molecule has 6 saturated heterocycles. The highest BCUT2D eigenvalue weighted by Crippen LogP contribution is 2.46. The lowest BCUT2D eigenvalue weighted by Gasteiger charge is -1.93. The van der Waals surface area contributed by atoms with Gasteiger partial charge in [-0.15, -0.1) is 0 Å². The zero-order valence-electron chi connectivity index (χ0n) is 17.9. The Labute approximate surface area is 178 Å². The number of ether oxygens (including phenoxy) is 6. The van der Waals surface area contributed by atoms with E-state index >= 15 is 0 Å². The molecule has 0 aromatic heterocycles. The largest absolute Gasteiger partial charge is 0.369 e. The van der Waals surface area contributed by atoms with E-state index in [-0.39, 0.29) is 11.9 Å². The van der Waals surface area contributed by atoms with Crippen molar-refractivity contribution in [3.05, 3.63) is 0 Å². The van der Waals surface area contributed by atoms with Gasteiger partial charge in [0.1, 0.15) is 5.78 Å². The van der Waals surface area contributed by atoms with E-state index in [0.717, 1.165) is 44.9 Å². The van der Waals surface area contributed by atoms with Gasteiger partial charge in [-0.1, -0.05) is 6.92 Å². The third-order valence-electron chi connectivity index (χ3n) is 7.63. The van der Waals surface area contributed by atoms with Crippen LogP contribution < -0.4 is 0 Å². The summed E-state index contributed by atoms with van der Waals surface area (Å²) in [6.07, 6.45) is 11.9. The second kappa shape index (κ2) is 7.78. The highest BCUT2D eigenvalue weighted by atomic mass is 16.6. The number of carbonyl (C=O) groups excluding carboxylic acids is 1. The Morgan fingerprint density at radius 1 is 0.533 bits per heavy atom. The number of ketones is 1. The number of epoxide rings is 6. The van der Waals surface area contributed by atoms with E-state index in [9.17, 15) is 4.79 Å². The lowest BCUT2D eigenvalue weighted by atomic mass is 10.0. The summed E-state index contributed by atoms with van der Waals surface area (Å²) in [5, 5.41) is 0. The van der Waals surface area contributed by atoms with Crippen molar-refractivity contribution < 1.29 is 33.2 Å². The van der Waals surface area contributed by atoms with Crippen LogP contribution in [0.5, 0.6) is 0 Å². The van der Waals surface area contributed by atoms with Crippen LogP contribution in [0.25, 0.3) is 0 Å². The first-order valence-electron chi connectivity index (χ1n) is 12.0.